The maximum Gasteiger partial charge on any atom is 0.673 e. The summed E-state index contributed by atoms with van der Waals surface area (Å²) in [6, 6.07) is 16.8. The van der Waals surface area contributed by atoms with Gasteiger partial charge < -0.3 is 21.3 Å². The molecule has 0 amide bonds. The molecule has 2 nitrogen and oxygen atoms in total. The fourth-order valence-electron chi connectivity index (χ4n) is 4.01. The smallest absolute Gasteiger partial charge is 0.498 e. The lowest BCUT2D eigenvalue weighted by atomic mass is 10.0. The number of furan rings is 1. The van der Waals surface area contributed by atoms with Gasteiger partial charge in [0.25, 0.3) is 16.9 Å². The Morgan fingerprint density at radius 3 is 1.48 bits per heavy atom. The molecule has 0 aliphatic carbocycles. The molecule has 7 heteroatoms. The second-order valence-electron chi connectivity index (χ2n) is 7.80. The van der Waals surface area contributed by atoms with Crippen LogP contribution in [0.3, 0.4) is 0 Å². The Balaban J connectivity index is 0.000000491. The SMILES string of the molecule is CC(=O)c1ccc(-[o+]2c3c(C)cc(C)cc3c3cc(C)cc(C)c32)cc1.F[B-](F)(F)F. The molecule has 1 heterocycles. The highest BCUT2D eigenvalue weighted by Crippen LogP contribution is 2.42. The molecule has 0 radical (unpaired) electrons. The second-order valence-corrected chi connectivity index (χ2v) is 7.80. The Bertz CT molecular complexity index is 1210. The van der Waals surface area contributed by atoms with Crippen LogP contribution >= 0.6 is 0 Å². The van der Waals surface area contributed by atoms with Crippen LogP contribution in [0.1, 0.15) is 39.5 Å². The largest absolute Gasteiger partial charge is 0.673 e. The molecule has 4 rings (SSSR count). The molecule has 1 aromatic heterocycles. The number of carbonyl (C=O) groups is 1. The first-order valence-corrected chi connectivity index (χ1v) is 9.82. The van der Waals surface area contributed by atoms with Gasteiger partial charge in [0.15, 0.2) is 5.78 Å². The van der Waals surface area contributed by atoms with E-state index in [1.54, 1.807) is 6.92 Å². The number of carbonyl (C=O) groups excluding carboxylic acids is 1. The van der Waals surface area contributed by atoms with E-state index < -0.39 is 7.25 Å². The third kappa shape index (κ3) is 4.81. The number of hydrogen-bond acceptors (Lipinski definition) is 1. The van der Waals surface area contributed by atoms with Crippen LogP contribution in [0.25, 0.3) is 27.7 Å². The fraction of sp³-hybridized carbons (Fsp3) is 0.208. The summed E-state index contributed by atoms with van der Waals surface area (Å²) in [6.07, 6.45) is 0. The van der Waals surface area contributed by atoms with Crippen molar-refractivity contribution < 1.29 is 26.1 Å². The maximum absolute atomic E-state index is 11.6. The van der Waals surface area contributed by atoms with Crippen molar-refractivity contribution in [2.45, 2.75) is 34.6 Å². The van der Waals surface area contributed by atoms with E-state index in [0.29, 0.717) is 0 Å². The van der Waals surface area contributed by atoms with Crippen LogP contribution in [0.15, 0.2) is 52.6 Å². The first-order valence-electron chi connectivity index (χ1n) is 9.82. The molecular weight excluding hydrogens is 407 g/mol. The van der Waals surface area contributed by atoms with Gasteiger partial charge in [-0.3, -0.25) is 4.79 Å². The first-order chi connectivity index (χ1) is 14.4. The van der Waals surface area contributed by atoms with Crippen molar-refractivity contribution in [3.8, 4) is 5.75 Å². The lowest BCUT2D eigenvalue weighted by molar-refractivity contribution is 0.101. The predicted molar refractivity (Wildman–Crippen MR) is 119 cm³/mol. The number of Topliss-reactive ketones (excluding diaryl/α,β-unsaturated/α-hetero) is 1. The molecule has 0 fully saturated rings. The van der Waals surface area contributed by atoms with Gasteiger partial charge in [-0.2, -0.15) is 0 Å². The van der Waals surface area contributed by atoms with Crippen molar-refractivity contribution in [3.05, 3.63) is 76.3 Å². The van der Waals surface area contributed by atoms with E-state index in [0.717, 1.165) is 22.5 Å². The van der Waals surface area contributed by atoms with E-state index in [2.05, 4.69) is 56.0 Å². The van der Waals surface area contributed by atoms with Crippen molar-refractivity contribution in [1.29, 1.82) is 0 Å². The summed E-state index contributed by atoms with van der Waals surface area (Å²) in [5, 5.41) is 2.51. The highest BCUT2D eigenvalue weighted by Gasteiger charge is 2.25. The summed E-state index contributed by atoms with van der Waals surface area (Å²) in [5.74, 6) is 1.09. The lowest BCUT2D eigenvalue weighted by Crippen LogP contribution is -2.02. The molecule has 0 N–H and O–H groups in total. The summed E-state index contributed by atoms with van der Waals surface area (Å²) in [7, 11) is -6.00. The Morgan fingerprint density at radius 2 is 1.13 bits per heavy atom. The van der Waals surface area contributed by atoms with Gasteiger partial charge in [-0.1, -0.05) is 0 Å². The van der Waals surface area contributed by atoms with Crippen LogP contribution in [0, 0.1) is 27.7 Å². The van der Waals surface area contributed by atoms with Crippen molar-refractivity contribution in [3.63, 3.8) is 0 Å². The van der Waals surface area contributed by atoms with Crippen LogP contribution in [0.2, 0.25) is 0 Å². The minimum atomic E-state index is -6.00. The summed E-state index contributed by atoms with van der Waals surface area (Å²) in [4.78, 5) is 11.6. The molecule has 0 aliphatic heterocycles. The van der Waals surface area contributed by atoms with Crippen LogP contribution in [-0.4, -0.2) is 13.0 Å². The molecule has 31 heavy (non-hydrogen) atoms. The molecule has 0 atom stereocenters. The number of hydrogen-bond donors (Lipinski definition) is 0. The van der Waals surface area contributed by atoms with E-state index in [9.17, 15) is 22.1 Å². The molecule has 4 aromatic rings. The topological polar surface area (TPSA) is 19.8 Å². The second kappa shape index (κ2) is 8.21. The molecule has 0 spiro atoms. The minimum Gasteiger partial charge on any atom is -0.498 e. The maximum atomic E-state index is 11.6. The highest BCUT2D eigenvalue weighted by atomic mass is 19.5. The molecule has 3 aromatic carbocycles. The van der Waals surface area contributed by atoms with E-state index in [-0.39, 0.29) is 5.78 Å². The third-order valence-corrected chi connectivity index (χ3v) is 5.03. The van der Waals surface area contributed by atoms with Gasteiger partial charge in [-0.15, -0.1) is 0 Å². The molecule has 162 valence electrons. The van der Waals surface area contributed by atoms with E-state index in [4.69, 9.17) is 0 Å². The van der Waals surface area contributed by atoms with E-state index in [1.165, 1.54) is 33.0 Å². The van der Waals surface area contributed by atoms with E-state index >= 15 is 0 Å². The molecule has 0 unspecified atom stereocenters. The number of ketones is 1. The lowest BCUT2D eigenvalue weighted by Gasteiger charge is -2.08. The molecular formula is C24H23BF4O2. The summed E-state index contributed by atoms with van der Waals surface area (Å²) in [5.41, 5.74) is 8.05. The Kier molecular flexibility index (Phi) is 5.99. The van der Waals surface area contributed by atoms with Gasteiger partial charge in [-0.05, 0) is 82.1 Å². The summed E-state index contributed by atoms with van der Waals surface area (Å²) < 4.78 is 42.4. The predicted octanol–water partition coefficient (Wildman–Crippen LogP) is 8.00. The number of halogens is 4. The highest BCUT2D eigenvalue weighted by molar-refractivity contribution is 6.50. The summed E-state index contributed by atoms with van der Waals surface area (Å²) >= 11 is 0. The minimum absolute atomic E-state index is 0.0855. The molecule has 0 saturated heterocycles. The van der Waals surface area contributed by atoms with Gasteiger partial charge in [0.05, 0.1) is 10.8 Å². The van der Waals surface area contributed by atoms with Crippen LogP contribution in [0.4, 0.5) is 17.3 Å². The van der Waals surface area contributed by atoms with Crippen molar-refractivity contribution >= 4 is 35.0 Å². The molecule has 0 saturated carbocycles. The van der Waals surface area contributed by atoms with Gasteiger partial charge in [0, 0.05) is 28.8 Å². The average Bonchev–Trinajstić information content (AvgIpc) is 2.95. The number of rotatable bonds is 2. The van der Waals surface area contributed by atoms with E-state index in [1.807, 2.05) is 24.3 Å². The summed E-state index contributed by atoms with van der Waals surface area (Å²) in [6.45, 7) is 10.2. The average molecular weight is 430 g/mol. The van der Waals surface area contributed by atoms with Crippen molar-refractivity contribution in [2.24, 2.45) is 0 Å². The fourth-order valence-corrected chi connectivity index (χ4v) is 4.01. The van der Waals surface area contributed by atoms with Gasteiger partial charge in [0.2, 0.25) is 0 Å². The Morgan fingerprint density at radius 1 is 0.742 bits per heavy atom. The van der Waals surface area contributed by atoms with Crippen LogP contribution in [-0.2, 0) is 0 Å². The zero-order valence-corrected chi connectivity index (χ0v) is 18.0. The zero-order chi connectivity index (χ0) is 23.1. The van der Waals surface area contributed by atoms with Gasteiger partial charge in [0.1, 0.15) is 0 Å². The monoisotopic (exact) mass is 430 g/mol. The van der Waals surface area contributed by atoms with Crippen LogP contribution in [0.5, 0.6) is 0 Å². The number of benzene rings is 3. The van der Waals surface area contributed by atoms with Crippen LogP contribution < -0.4 is 0 Å². The Hall–Kier alpha value is -3.09. The first kappa shape index (κ1) is 22.6. The number of fused-ring (bicyclic) bond motifs is 3. The normalized spacial score (nSPS) is 11.5. The Labute approximate surface area is 178 Å². The quantitative estimate of drug-likeness (QED) is 0.137. The molecule has 0 bridgehead atoms. The zero-order valence-electron chi connectivity index (χ0n) is 18.0. The molecule has 0 aliphatic rings. The van der Waals surface area contributed by atoms with Crippen molar-refractivity contribution in [2.75, 3.05) is 0 Å². The third-order valence-electron chi connectivity index (χ3n) is 5.03. The number of aryl methyl sites for hydroxylation is 4. The van der Waals surface area contributed by atoms with Gasteiger partial charge >= 0.3 is 7.25 Å². The van der Waals surface area contributed by atoms with Gasteiger partial charge in [-0.25, -0.2) is 0 Å². The van der Waals surface area contributed by atoms with Crippen molar-refractivity contribution in [1.82, 2.24) is 0 Å². The standard InChI is InChI=1S/C24H23O2.BF4/c1-14-10-16(3)23-21(12-14)22-13-15(2)11-17(4)24(22)26(23)20-8-6-19(7-9-20)18(5)25;2-1(3,4)5/h6-13H,1-5H3;/q+1;-1.